The lowest BCUT2D eigenvalue weighted by Crippen LogP contribution is -2.27. The van der Waals surface area contributed by atoms with E-state index in [-0.39, 0.29) is 0 Å². The van der Waals surface area contributed by atoms with Gasteiger partial charge in [0.15, 0.2) is 0 Å². The summed E-state index contributed by atoms with van der Waals surface area (Å²) >= 11 is 0. The van der Waals surface area contributed by atoms with Gasteiger partial charge in [-0.05, 0) is 39.8 Å². The van der Waals surface area contributed by atoms with Crippen molar-refractivity contribution in [2.24, 2.45) is 4.99 Å². The number of imidazole rings is 1. The number of anilines is 1. The van der Waals surface area contributed by atoms with E-state index in [1.807, 2.05) is 44.8 Å². The number of rotatable bonds is 2. The maximum atomic E-state index is 12.3. The molecule has 122 valence electrons. The number of nitrogens with zero attached hydrogens (tertiary/aromatic N) is 4. The van der Waals surface area contributed by atoms with Gasteiger partial charge >= 0.3 is 6.09 Å². The van der Waals surface area contributed by atoms with Gasteiger partial charge in [0.05, 0.1) is 29.8 Å². The third kappa shape index (κ3) is 3.13. The smallest absolute Gasteiger partial charge is 0.420 e. The van der Waals surface area contributed by atoms with Gasteiger partial charge in [-0.1, -0.05) is 0 Å². The van der Waals surface area contributed by atoms with Crippen molar-refractivity contribution in [1.29, 1.82) is 0 Å². The van der Waals surface area contributed by atoms with Gasteiger partial charge in [0.2, 0.25) is 0 Å². The van der Waals surface area contributed by atoms with Gasteiger partial charge in [0.25, 0.3) is 0 Å². The summed E-state index contributed by atoms with van der Waals surface area (Å²) in [6.45, 7) is 9.13. The number of carbonyl (C=O) groups is 1. The lowest BCUT2D eigenvalue weighted by molar-refractivity contribution is 0.0543. The van der Waals surface area contributed by atoms with Crippen molar-refractivity contribution in [2.45, 2.75) is 33.3 Å². The highest BCUT2D eigenvalue weighted by atomic mass is 16.6. The predicted molar refractivity (Wildman–Crippen MR) is 89.8 cm³/mol. The Balaban J connectivity index is 1.91. The van der Waals surface area contributed by atoms with Crippen LogP contribution in [-0.2, 0) is 4.74 Å². The van der Waals surface area contributed by atoms with Crippen LogP contribution in [0.5, 0.6) is 0 Å². The molecule has 23 heavy (non-hydrogen) atoms. The number of carbonyl (C=O) groups excluding carboxylic acids is 1. The molecule has 0 aliphatic carbocycles. The number of hydrazine groups is 1. The van der Waals surface area contributed by atoms with Crippen molar-refractivity contribution in [3.05, 3.63) is 24.0 Å². The number of benzene rings is 1. The summed E-state index contributed by atoms with van der Waals surface area (Å²) in [7, 11) is 0. The van der Waals surface area contributed by atoms with E-state index in [4.69, 9.17) is 4.74 Å². The van der Waals surface area contributed by atoms with Gasteiger partial charge in [-0.2, -0.15) is 0 Å². The van der Waals surface area contributed by atoms with E-state index in [1.165, 1.54) is 10.9 Å². The molecule has 0 saturated heterocycles. The van der Waals surface area contributed by atoms with Crippen LogP contribution in [0.2, 0.25) is 0 Å². The minimum atomic E-state index is -0.542. The fraction of sp³-hybridized carbons (Fsp3) is 0.438. The zero-order chi connectivity index (χ0) is 16.6. The second kappa shape index (κ2) is 5.57. The molecule has 0 bridgehead atoms. The number of aliphatic imine (C=N–C) groups is 1. The van der Waals surface area contributed by atoms with E-state index in [9.17, 15) is 4.79 Å². The van der Waals surface area contributed by atoms with E-state index in [0.29, 0.717) is 0 Å². The molecule has 0 fully saturated rings. The van der Waals surface area contributed by atoms with Crippen molar-refractivity contribution >= 4 is 29.2 Å². The Morgan fingerprint density at radius 3 is 2.78 bits per heavy atom. The molecule has 1 aliphatic heterocycles. The Kier molecular flexibility index (Phi) is 3.71. The molecule has 0 saturated carbocycles. The number of fused-ring (bicyclic) bond motifs is 1. The lowest BCUT2D eigenvalue weighted by atomic mass is 10.1. The van der Waals surface area contributed by atoms with Crippen molar-refractivity contribution in [1.82, 2.24) is 14.6 Å². The molecule has 1 N–H and O–H groups in total. The van der Waals surface area contributed by atoms with E-state index in [0.717, 1.165) is 35.4 Å². The number of hydrogen-bond donors (Lipinski definition) is 1. The number of hydrogen-bond acceptors (Lipinski definition) is 6. The lowest BCUT2D eigenvalue weighted by Gasteiger charge is -2.20. The summed E-state index contributed by atoms with van der Waals surface area (Å²) in [6.07, 6.45) is 2.86. The molecular weight excluding hydrogens is 294 g/mol. The molecular formula is C16H21N5O2. The van der Waals surface area contributed by atoms with E-state index < -0.39 is 11.7 Å². The van der Waals surface area contributed by atoms with Gasteiger partial charge in [0.1, 0.15) is 18.3 Å². The zero-order valence-electron chi connectivity index (χ0n) is 13.8. The van der Waals surface area contributed by atoms with Crippen LogP contribution in [0.1, 0.15) is 26.3 Å². The predicted octanol–water partition coefficient (Wildman–Crippen LogP) is 2.80. The average molecular weight is 315 g/mol. The van der Waals surface area contributed by atoms with Crippen LogP contribution < -0.4 is 5.43 Å². The zero-order valence-corrected chi connectivity index (χ0v) is 13.8. The normalized spacial score (nSPS) is 14.5. The molecule has 7 nitrogen and oxygen atoms in total. The molecule has 1 aromatic carbocycles. The van der Waals surface area contributed by atoms with Crippen LogP contribution in [0, 0.1) is 6.92 Å². The largest absolute Gasteiger partial charge is 0.443 e. The average Bonchev–Trinajstić information content (AvgIpc) is 3.09. The Labute approximate surface area is 134 Å². The Bertz CT molecular complexity index is 773. The molecule has 0 amide bonds. The van der Waals surface area contributed by atoms with E-state index in [1.54, 1.807) is 6.34 Å². The molecule has 0 atom stereocenters. The van der Waals surface area contributed by atoms with Crippen LogP contribution >= 0.6 is 0 Å². The van der Waals surface area contributed by atoms with Crippen LogP contribution in [0.25, 0.3) is 11.0 Å². The molecule has 1 aliphatic rings. The quantitative estimate of drug-likeness (QED) is 0.922. The van der Waals surface area contributed by atoms with Gasteiger partial charge in [-0.3, -0.25) is 15.4 Å². The Morgan fingerprint density at radius 2 is 2.13 bits per heavy atom. The summed E-state index contributed by atoms with van der Waals surface area (Å²) < 4.78 is 6.85. The van der Waals surface area contributed by atoms with Gasteiger partial charge < -0.3 is 4.74 Å². The van der Waals surface area contributed by atoms with Gasteiger partial charge in [-0.25, -0.2) is 14.3 Å². The minimum absolute atomic E-state index is 0.424. The Morgan fingerprint density at radius 1 is 1.35 bits per heavy atom. The fourth-order valence-electron chi connectivity index (χ4n) is 2.42. The number of aromatic nitrogens is 2. The molecule has 2 aromatic rings. The first kappa shape index (κ1) is 15.3. The first-order chi connectivity index (χ1) is 10.8. The third-order valence-electron chi connectivity index (χ3n) is 3.52. The first-order valence-electron chi connectivity index (χ1n) is 7.58. The number of nitrogens with one attached hydrogen (secondary N) is 1. The summed E-state index contributed by atoms with van der Waals surface area (Å²) in [6, 6.07) is 3.81. The first-order valence-corrected chi connectivity index (χ1v) is 7.58. The van der Waals surface area contributed by atoms with E-state index >= 15 is 0 Å². The molecule has 0 radical (unpaired) electrons. The van der Waals surface area contributed by atoms with E-state index in [2.05, 4.69) is 15.4 Å². The topological polar surface area (TPSA) is 71.8 Å². The highest BCUT2D eigenvalue weighted by molar-refractivity contribution is 5.91. The highest BCUT2D eigenvalue weighted by Gasteiger charge is 2.20. The van der Waals surface area contributed by atoms with Crippen LogP contribution in [0.15, 0.2) is 23.5 Å². The highest BCUT2D eigenvalue weighted by Crippen LogP contribution is 2.25. The number of ether oxygens (including phenoxy) is 1. The van der Waals surface area contributed by atoms with Crippen LogP contribution in [0.4, 0.5) is 10.5 Å². The van der Waals surface area contributed by atoms with Gasteiger partial charge in [-0.15, -0.1) is 0 Å². The molecule has 3 rings (SSSR count). The maximum absolute atomic E-state index is 12.3. The van der Waals surface area contributed by atoms with Crippen molar-refractivity contribution in [2.75, 3.05) is 18.5 Å². The minimum Gasteiger partial charge on any atom is -0.443 e. The number of aryl methyl sites for hydroxylation is 1. The maximum Gasteiger partial charge on any atom is 0.420 e. The SMILES string of the molecule is Cc1c(NN2C=NCC2)ccc2c1ncn2C(=O)OC(C)(C)C. The summed E-state index contributed by atoms with van der Waals surface area (Å²) in [5.41, 5.74) is 6.18. The van der Waals surface area contributed by atoms with Crippen molar-refractivity contribution in [3.63, 3.8) is 0 Å². The third-order valence-corrected chi connectivity index (χ3v) is 3.52. The fourth-order valence-corrected chi connectivity index (χ4v) is 2.42. The van der Waals surface area contributed by atoms with Crippen molar-refractivity contribution in [3.8, 4) is 0 Å². The van der Waals surface area contributed by atoms with Gasteiger partial charge in [0, 0.05) is 5.56 Å². The molecule has 7 heteroatoms. The molecule has 0 spiro atoms. The molecule has 0 unspecified atom stereocenters. The molecule has 1 aromatic heterocycles. The summed E-state index contributed by atoms with van der Waals surface area (Å²) in [5, 5.41) is 1.93. The van der Waals surface area contributed by atoms with Crippen LogP contribution in [0.3, 0.4) is 0 Å². The van der Waals surface area contributed by atoms with Crippen LogP contribution in [-0.4, -0.2) is 45.7 Å². The summed E-state index contributed by atoms with van der Waals surface area (Å²) in [5.74, 6) is 0. The standard InChI is InChI=1S/C16H21N5O2/c1-11-12(19-20-8-7-17-9-20)5-6-13-14(11)18-10-21(13)15(22)23-16(2,3)4/h5-6,9-10,19H,7-8H2,1-4H3. The molecule has 2 heterocycles. The second-order valence-corrected chi connectivity index (χ2v) is 6.53. The second-order valence-electron chi connectivity index (χ2n) is 6.53. The van der Waals surface area contributed by atoms with Crippen molar-refractivity contribution < 1.29 is 9.53 Å². The monoisotopic (exact) mass is 315 g/mol. The Hall–Kier alpha value is -2.57. The summed E-state index contributed by atoms with van der Waals surface area (Å²) in [4.78, 5) is 20.8.